The monoisotopic (exact) mass is 450 g/mol. The molecule has 4 heteroatoms. The predicted molar refractivity (Wildman–Crippen MR) is 121 cm³/mol. The van der Waals surface area contributed by atoms with Crippen LogP contribution in [0.4, 0.5) is 0 Å². The van der Waals surface area contributed by atoms with E-state index in [0.717, 1.165) is 28.7 Å². The summed E-state index contributed by atoms with van der Waals surface area (Å²) in [7, 11) is 0. The van der Waals surface area contributed by atoms with Gasteiger partial charge in [0.2, 0.25) is 0 Å². The number of rotatable bonds is 5. The van der Waals surface area contributed by atoms with Gasteiger partial charge in [0.25, 0.3) is 0 Å². The quantitative estimate of drug-likeness (QED) is 0.575. The zero-order valence-electron chi connectivity index (χ0n) is 16.5. The van der Waals surface area contributed by atoms with E-state index in [4.69, 9.17) is 5.73 Å². The molecule has 1 saturated heterocycles. The fourth-order valence-electron chi connectivity index (χ4n) is 4.49. The highest BCUT2D eigenvalue weighted by Gasteiger charge is 2.38. The van der Waals surface area contributed by atoms with Gasteiger partial charge in [-0.1, -0.05) is 88.7 Å². The second-order valence-corrected chi connectivity index (χ2v) is 8.62. The van der Waals surface area contributed by atoms with E-state index in [2.05, 4.69) is 69.4 Å². The molecular formula is C25H27BrN2O. The van der Waals surface area contributed by atoms with Crippen molar-refractivity contribution in [3.05, 3.63) is 106 Å². The van der Waals surface area contributed by atoms with Crippen molar-refractivity contribution in [1.82, 2.24) is 4.90 Å². The number of hydrogen-bond acceptors (Lipinski definition) is 3. The summed E-state index contributed by atoms with van der Waals surface area (Å²) in [5, 5.41) is 11.5. The van der Waals surface area contributed by atoms with Crippen LogP contribution in [0.2, 0.25) is 0 Å². The van der Waals surface area contributed by atoms with Crippen LogP contribution in [0.5, 0.6) is 0 Å². The molecule has 0 bridgehead atoms. The molecule has 0 aliphatic carbocycles. The van der Waals surface area contributed by atoms with Crippen LogP contribution in [-0.4, -0.2) is 23.1 Å². The van der Waals surface area contributed by atoms with Gasteiger partial charge < -0.3 is 10.8 Å². The molecule has 3 nitrogen and oxygen atoms in total. The summed E-state index contributed by atoms with van der Waals surface area (Å²) in [6.07, 6.45) is 1.38. The predicted octanol–water partition coefficient (Wildman–Crippen LogP) is 4.98. The summed E-state index contributed by atoms with van der Waals surface area (Å²) in [6.45, 7) is 2.08. The van der Waals surface area contributed by atoms with E-state index < -0.39 is 5.60 Å². The second-order valence-electron chi connectivity index (χ2n) is 7.76. The van der Waals surface area contributed by atoms with Crippen molar-refractivity contribution >= 4 is 15.9 Å². The molecule has 1 atom stereocenters. The third-order valence-electron chi connectivity index (χ3n) is 6.04. The van der Waals surface area contributed by atoms with Gasteiger partial charge in [0.05, 0.1) is 11.6 Å². The van der Waals surface area contributed by atoms with Crippen molar-refractivity contribution in [3.63, 3.8) is 0 Å². The lowest BCUT2D eigenvalue weighted by atomic mass is 9.81. The topological polar surface area (TPSA) is 49.5 Å². The van der Waals surface area contributed by atoms with E-state index >= 15 is 0 Å². The highest BCUT2D eigenvalue weighted by atomic mass is 79.9. The van der Waals surface area contributed by atoms with Crippen LogP contribution in [0.3, 0.4) is 0 Å². The van der Waals surface area contributed by atoms with Crippen LogP contribution < -0.4 is 5.73 Å². The molecule has 0 amide bonds. The standard InChI is InChI=1S/C25H27BrN2O/c26-23-13-7-5-11-21(23)24(19-8-2-1-3-9-19)28-16-14-25(29,15-17-28)22-12-6-4-10-20(22)18-27/h1-13,24,29H,14-18,27H2. The summed E-state index contributed by atoms with van der Waals surface area (Å²) >= 11 is 3.75. The highest BCUT2D eigenvalue weighted by molar-refractivity contribution is 9.10. The molecule has 0 spiro atoms. The van der Waals surface area contributed by atoms with Gasteiger partial charge in [0.15, 0.2) is 0 Å². The Hall–Kier alpha value is -1.98. The minimum absolute atomic E-state index is 0.154. The van der Waals surface area contributed by atoms with E-state index in [1.165, 1.54) is 11.1 Å². The Morgan fingerprint density at radius 2 is 1.52 bits per heavy atom. The number of nitrogens with zero attached hydrogens (tertiary/aromatic N) is 1. The Morgan fingerprint density at radius 3 is 2.21 bits per heavy atom. The summed E-state index contributed by atoms with van der Waals surface area (Å²) in [5.41, 5.74) is 9.66. The third kappa shape index (κ3) is 4.17. The Kier molecular flexibility index (Phi) is 6.16. The summed E-state index contributed by atoms with van der Waals surface area (Å²) in [4.78, 5) is 2.48. The second kappa shape index (κ2) is 8.80. The molecule has 0 radical (unpaired) electrons. The molecule has 29 heavy (non-hydrogen) atoms. The number of aliphatic hydroxyl groups is 1. The molecule has 1 fully saturated rings. The van der Waals surface area contributed by atoms with E-state index in [1.54, 1.807) is 0 Å². The Morgan fingerprint density at radius 1 is 0.897 bits per heavy atom. The third-order valence-corrected chi connectivity index (χ3v) is 6.77. The Labute approximate surface area is 181 Å². The van der Waals surface area contributed by atoms with Crippen molar-refractivity contribution in [2.24, 2.45) is 5.73 Å². The summed E-state index contributed by atoms with van der Waals surface area (Å²) < 4.78 is 1.11. The first kappa shape index (κ1) is 20.3. The van der Waals surface area contributed by atoms with Crippen LogP contribution in [-0.2, 0) is 12.1 Å². The average molecular weight is 451 g/mol. The van der Waals surface area contributed by atoms with Crippen LogP contribution >= 0.6 is 15.9 Å². The normalized spacial score (nSPS) is 17.8. The van der Waals surface area contributed by atoms with Crippen molar-refractivity contribution in [2.45, 2.75) is 31.0 Å². The number of benzene rings is 3. The van der Waals surface area contributed by atoms with E-state index in [9.17, 15) is 5.11 Å². The average Bonchev–Trinajstić information content (AvgIpc) is 2.77. The number of piperidine rings is 1. The minimum atomic E-state index is -0.818. The fraction of sp³-hybridized carbons (Fsp3) is 0.280. The number of nitrogens with two attached hydrogens (primary N) is 1. The van der Waals surface area contributed by atoms with Gasteiger partial charge in [-0.3, -0.25) is 4.90 Å². The van der Waals surface area contributed by atoms with Gasteiger partial charge in [-0.25, -0.2) is 0 Å². The highest BCUT2D eigenvalue weighted by Crippen LogP contribution is 2.40. The lowest BCUT2D eigenvalue weighted by molar-refractivity contribution is -0.0331. The summed E-state index contributed by atoms with van der Waals surface area (Å²) in [5.74, 6) is 0. The number of halogens is 1. The first-order valence-electron chi connectivity index (χ1n) is 10.2. The molecule has 0 aromatic heterocycles. The van der Waals surface area contributed by atoms with E-state index in [0.29, 0.717) is 19.4 Å². The lowest BCUT2D eigenvalue weighted by Crippen LogP contribution is -2.44. The van der Waals surface area contributed by atoms with Gasteiger partial charge in [-0.05, 0) is 41.2 Å². The van der Waals surface area contributed by atoms with Crippen molar-refractivity contribution in [3.8, 4) is 0 Å². The Balaban J connectivity index is 1.63. The molecule has 1 unspecified atom stereocenters. The molecule has 4 rings (SSSR count). The largest absolute Gasteiger partial charge is 0.385 e. The van der Waals surface area contributed by atoms with Crippen LogP contribution in [0.1, 0.15) is 41.1 Å². The molecule has 3 aromatic rings. The van der Waals surface area contributed by atoms with Gasteiger partial charge in [0.1, 0.15) is 0 Å². The maximum absolute atomic E-state index is 11.5. The molecule has 0 saturated carbocycles. The number of likely N-dealkylation sites (tertiary alicyclic amines) is 1. The molecule has 1 aliphatic rings. The SMILES string of the molecule is NCc1ccccc1C1(O)CCN(C(c2ccccc2)c2ccccc2Br)CC1. The molecular weight excluding hydrogens is 424 g/mol. The molecule has 3 aromatic carbocycles. The van der Waals surface area contributed by atoms with E-state index in [1.807, 2.05) is 30.3 Å². The van der Waals surface area contributed by atoms with Gasteiger partial charge in [0, 0.05) is 24.1 Å². The first-order valence-corrected chi connectivity index (χ1v) is 11.0. The van der Waals surface area contributed by atoms with Gasteiger partial charge in [-0.15, -0.1) is 0 Å². The van der Waals surface area contributed by atoms with Gasteiger partial charge >= 0.3 is 0 Å². The Bertz CT molecular complexity index is 952. The molecule has 3 N–H and O–H groups in total. The maximum atomic E-state index is 11.5. The van der Waals surface area contributed by atoms with Crippen LogP contribution in [0.15, 0.2) is 83.3 Å². The van der Waals surface area contributed by atoms with Gasteiger partial charge in [-0.2, -0.15) is 0 Å². The lowest BCUT2D eigenvalue weighted by Gasteiger charge is -2.43. The first-order chi connectivity index (χ1) is 14.1. The number of hydrogen-bond donors (Lipinski definition) is 2. The molecule has 1 heterocycles. The van der Waals surface area contributed by atoms with E-state index in [-0.39, 0.29) is 6.04 Å². The zero-order chi connectivity index (χ0) is 20.3. The maximum Gasteiger partial charge on any atom is 0.0924 e. The summed E-state index contributed by atoms with van der Waals surface area (Å²) in [6, 6.07) is 27.2. The van der Waals surface area contributed by atoms with Crippen molar-refractivity contribution in [2.75, 3.05) is 13.1 Å². The van der Waals surface area contributed by atoms with Crippen LogP contribution in [0, 0.1) is 0 Å². The zero-order valence-corrected chi connectivity index (χ0v) is 18.1. The molecule has 1 aliphatic heterocycles. The fourth-order valence-corrected chi connectivity index (χ4v) is 4.99. The van der Waals surface area contributed by atoms with Crippen LogP contribution in [0.25, 0.3) is 0 Å². The van der Waals surface area contributed by atoms with Crippen molar-refractivity contribution < 1.29 is 5.11 Å². The smallest absolute Gasteiger partial charge is 0.0924 e. The minimum Gasteiger partial charge on any atom is -0.385 e. The van der Waals surface area contributed by atoms with Crippen molar-refractivity contribution in [1.29, 1.82) is 0 Å². The molecule has 150 valence electrons.